The lowest BCUT2D eigenvalue weighted by Gasteiger charge is -2.15. The third kappa shape index (κ3) is 2.26. The number of imidazole rings is 1. The van der Waals surface area contributed by atoms with Gasteiger partial charge in [0.1, 0.15) is 6.54 Å². The molecule has 0 saturated carbocycles. The van der Waals surface area contributed by atoms with Crippen LogP contribution >= 0.6 is 11.6 Å². The lowest BCUT2D eigenvalue weighted by molar-refractivity contribution is -0.130. The van der Waals surface area contributed by atoms with Gasteiger partial charge in [-0.05, 0) is 25.1 Å². The summed E-state index contributed by atoms with van der Waals surface area (Å²) in [6.07, 6.45) is 0. The van der Waals surface area contributed by atoms with Gasteiger partial charge in [-0.3, -0.25) is 4.79 Å². The van der Waals surface area contributed by atoms with E-state index in [1.807, 2.05) is 13.0 Å². The number of halogens is 1. The number of nitrogen functional groups attached to an aromatic ring is 1. The summed E-state index contributed by atoms with van der Waals surface area (Å²) in [4.78, 5) is 17.7. The first-order chi connectivity index (χ1) is 8.52. The number of anilines is 1. The van der Waals surface area contributed by atoms with Crippen molar-refractivity contribution in [1.29, 1.82) is 0 Å². The number of nitrogens with zero attached hydrogens (tertiary/aromatic N) is 3. The highest BCUT2D eigenvalue weighted by Crippen LogP contribution is 2.21. The van der Waals surface area contributed by atoms with Crippen molar-refractivity contribution in [2.45, 2.75) is 13.5 Å². The summed E-state index contributed by atoms with van der Waals surface area (Å²) in [5, 5.41) is 0.601. The van der Waals surface area contributed by atoms with Gasteiger partial charge >= 0.3 is 0 Å². The SMILES string of the molecule is CCN(C)C(=O)Cn1c(N)nc2cc(Cl)ccc21. The Hall–Kier alpha value is -1.75. The molecule has 0 saturated heterocycles. The molecule has 1 aromatic heterocycles. The molecule has 18 heavy (non-hydrogen) atoms. The number of rotatable bonds is 3. The monoisotopic (exact) mass is 266 g/mol. The van der Waals surface area contributed by atoms with Gasteiger partial charge in [0.2, 0.25) is 11.9 Å². The quantitative estimate of drug-likeness (QED) is 0.921. The second kappa shape index (κ2) is 4.86. The Morgan fingerprint density at radius 1 is 1.56 bits per heavy atom. The summed E-state index contributed by atoms with van der Waals surface area (Å²) in [5.41, 5.74) is 7.35. The number of carbonyl (C=O) groups excluding carboxylic acids is 1. The highest BCUT2D eigenvalue weighted by atomic mass is 35.5. The second-order valence-electron chi connectivity index (χ2n) is 4.10. The van der Waals surface area contributed by atoms with Crippen LogP contribution in [0.25, 0.3) is 11.0 Å². The van der Waals surface area contributed by atoms with Gasteiger partial charge in [-0.1, -0.05) is 11.6 Å². The molecule has 1 amide bonds. The second-order valence-corrected chi connectivity index (χ2v) is 4.53. The van der Waals surface area contributed by atoms with Crippen molar-refractivity contribution in [3.8, 4) is 0 Å². The fourth-order valence-corrected chi connectivity index (χ4v) is 1.89. The predicted octanol–water partition coefficient (Wildman–Crippen LogP) is 1.75. The summed E-state index contributed by atoms with van der Waals surface area (Å²) in [7, 11) is 1.76. The molecule has 5 nitrogen and oxygen atoms in total. The van der Waals surface area contributed by atoms with E-state index in [2.05, 4.69) is 4.98 Å². The minimum absolute atomic E-state index is 0.00144. The Labute approximate surface area is 110 Å². The van der Waals surface area contributed by atoms with E-state index in [-0.39, 0.29) is 12.5 Å². The first kappa shape index (κ1) is 12.7. The maximum atomic E-state index is 11.9. The minimum Gasteiger partial charge on any atom is -0.369 e. The number of likely N-dealkylation sites (N-methyl/N-ethyl adjacent to an activating group) is 1. The fourth-order valence-electron chi connectivity index (χ4n) is 1.72. The van der Waals surface area contributed by atoms with Crippen LogP contribution in [0.15, 0.2) is 18.2 Å². The van der Waals surface area contributed by atoms with Crippen molar-refractivity contribution in [3.05, 3.63) is 23.2 Å². The zero-order valence-electron chi connectivity index (χ0n) is 10.4. The standard InChI is InChI=1S/C12H15ClN4O/c1-3-16(2)11(18)7-17-10-5-4-8(13)6-9(10)15-12(17)14/h4-6H,3,7H2,1-2H3,(H2,14,15). The van der Waals surface area contributed by atoms with E-state index in [0.717, 1.165) is 5.52 Å². The zero-order valence-corrected chi connectivity index (χ0v) is 11.1. The zero-order chi connectivity index (χ0) is 13.3. The van der Waals surface area contributed by atoms with Crippen molar-refractivity contribution in [3.63, 3.8) is 0 Å². The number of hydrogen-bond donors (Lipinski definition) is 1. The smallest absolute Gasteiger partial charge is 0.242 e. The fraction of sp³-hybridized carbons (Fsp3) is 0.333. The van der Waals surface area contributed by atoms with Crippen molar-refractivity contribution in [2.24, 2.45) is 0 Å². The maximum Gasteiger partial charge on any atom is 0.242 e. The number of carbonyl (C=O) groups is 1. The minimum atomic E-state index is -0.00144. The average molecular weight is 267 g/mol. The lowest BCUT2D eigenvalue weighted by atomic mass is 10.3. The van der Waals surface area contributed by atoms with Crippen molar-refractivity contribution in [1.82, 2.24) is 14.5 Å². The molecule has 2 aromatic rings. The third-order valence-electron chi connectivity index (χ3n) is 2.93. The van der Waals surface area contributed by atoms with Gasteiger partial charge in [0.05, 0.1) is 11.0 Å². The normalized spacial score (nSPS) is 10.8. The molecule has 0 fully saturated rings. The molecule has 0 atom stereocenters. The molecule has 96 valence electrons. The molecule has 1 heterocycles. The largest absolute Gasteiger partial charge is 0.369 e. The Balaban J connectivity index is 2.39. The van der Waals surface area contributed by atoms with Crippen LogP contribution < -0.4 is 5.73 Å². The molecular weight excluding hydrogens is 252 g/mol. The van der Waals surface area contributed by atoms with Crippen LogP contribution in [0, 0.1) is 0 Å². The van der Waals surface area contributed by atoms with Crippen LogP contribution in [0.3, 0.4) is 0 Å². The summed E-state index contributed by atoms with van der Waals surface area (Å²) in [6, 6.07) is 5.31. The van der Waals surface area contributed by atoms with Crippen molar-refractivity contribution < 1.29 is 4.79 Å². The molecule has 0 spiro atoms. The maximum absolute atomic E-state index is 11.9. The van der Waals surface area contributed by atoms with E-state index in [4.69, 9.17) is 17.3 Å². The summed E-state index contributed by atoms with van der Waals surface area (Å²) >= 11 is 5.89. The lowest BCUT2D eigenvalue weighted by Crippen LogP contribution is -2.30. The molecule has 1 aromatic carbocycles. The molecule has 0 radical (unpaired) electrons. The molecule has 0 aliphatic heterocycles. The molecule has 0 bridgehead atoms. The van der Waals surface area contributed by atoms with Crippen LogP contribution in [-0.4, -0.2) is 34.0 Å². The molecule has 0 aliphatic carbocycles. The predicted molar refractivity (Wildman–Crippen MR) is 72.5 cm³/mol. The van der Waals surface area contributed by atoms with Gasteiger partial charge in [-0.2, -0.15) is 0 Å². The summed E-state index contributed by atoms with van der Waals surface area (Å²) in [6.45, 7) is 2.78. The number of fused-ring (bicyclic) bond motifs is 1. The van der Waals surface area contributed by atoms with Gasteiger partial charge in [-0.25, -0.2) is 4.98 Å². The van der Waals surface area contributed by atoms with E-state index in [0.29, 0.717) is 23.0 Å². The first-order valence-corrected chi connectivity index (χ1v) is 6.06. The van der Waals surface area contributed by atoms with Gasteiger partial charge < -0.3 is 15.2 Å². The molecule has 2 N–H and O–H groups in total. The Kier molecular flexibility index (Phi) is 3.43. The molecule has 2 rings (SSSR count). The van der Waals surface area contributed by atoms with Crippen molar-refractivity contribution in [2.75, 3.05) is 19.3 Å². The molecular formula is C12H15ClN4O. The number of aromatic nitrogens is 2. The topological polar surface area (TPSA) is 64.2 Å². The summed E-state index contributed by atoms with van der Waals surface area (Å²) < 4.78 is 1.69. The molecule has 0 aliphatic rings. The highest BCUT2D eigenvalue weighted by molar-refractivity contribution is 6.31. The van der Waals surface area contributed by atoms with Gasteiger partial charge in [0.25, 0.3) is 0 Å². The number of nitrogens with two attached hydrogens (primary N) is 1. The van der Waals surface area contributed by atoms with E-state index in [1.54, 1.807) is 28.6 Å². The van der Waals surface area contributed by atoms with Gasteiger partial charge in [-0.15, -0.1) is 0 Å². The van der Waals surface area contributed by atoms with Gasteiger partial charge in [0, 0.05) is 18.6 Å². The highest BCUT2D eigenvalue weighted by Gasteiger charge is 2.13. The Morgan fingerprint density at radius 2 is 2.28 bits per heavy atom. The Morgan fingerprint density at radius 3 is 2.94 bits per heavy atom. The van der Waals surface area contributed by atoms with Crippen LogP contribution in [-0.2, 0) is 11.3 Å². The molecule has 6 heteroatoms. The third-order valence-corrected chi connectivity index (χ3v) is 3.17. The van der Waals surface area contributed by atoms with Crippen LogP contribution in [0.1, 0.15) is 6.92 Å². The number of amides is 1. The number of hydrogen-bond acceptors (Lipinski definition) is 3. The molecule has 0 unspecified atom stereocenters. The van der Waals surface area contributed by atoms with Crippen LogP contribution in [0.2, 0.25) is 5.02 Å². The van der Waals surface area contributed by atoms with Crippen LogP contribution in [0.4, 0.5) is 5.95 Å². The van der Waals surface area contributed by atoms with Crippen LogP contribution in [0.5, 0.6) is 0 Å². The Bertz CT molecular complexity index is 593. The van der Waals surface area contributed by atoms with E-state index < -0.39 is 0 Å². The van der Waals surface area contributed by atoms with Gasteiger partial charge in [0.15, 0.2) is 0 Å². The summed E-state index contributed by atoms with van der Waals surface area (Å²) in [5.74, 6) is 0.323. The van der Waals surface area contributed by atoms with Crippen molar-refractivity contribution >= 4 is 34.5 Å². The van der Waals surface area contributed by atoms with E-state index in [9.17, 15) is 4.79 Å². The van der Waals surface area contributed by atoms with E-state index >= 15 is 0 Å². The number of benzene rings is 1. The first-order valence-electron chi connectivity index (χ1n) is 5.68. The van der Waals surface area contributed by atoms with E-state index in [1.165, 1.54) is 0 Å². The average Bonchev–Trinajstić information content (AvgIpc) is 2.64.